The number of nitrogens with zero attached hydrogens (tertiary/aromatic N) is 3. The number of aromatic nitrogens is 2. The number of hydrogen-bond acceptors (Lipinski definition) is 4. The van der Waals surface area contributed by atoms with Crippen LogP contribution in [0.4, 0.5) is 29.2 Å². The Morgan fingerprint density at radius 1 is 1.03 bits per heavy atom. The number of halogens is 4. The summed E-state index contributed by atoms with van der Waals surface area (Å²) in [5.74, 6) is -0.0538. The van der Waals surface area contributed by atoms with Crippen molar-refractivity contribution in [3.8, 4) is 11.1 Å². The van der Waals surface area contributed by atoms with E-state index in [1.807, 2.05) is 0 Å². The van der Waals surface area contributed by atoms with Crippen LogP contribution >= 0.6 is 0 Å². The molecular formula is C22H17F4N3O. The molecule has 0 amide bonds. The van der Waals surface area contributed by atoms with Gasteiger partial charge in [0.25, 0.3) is 0 Å². The number of fused-ring (bicyclic) bond motifs is 2. The molecular weight excluding hydrogens is 398 g/mol. The van der Waals surface area contributed by atoms with E-state index in [1.165, 1.54) is 30.6 Å². The zero-order chi connectivity index (χ0) is 21.1. The maximum absolute atomic E-state index is 14.0. The van der Waals surface area contributed by atoms with Gasteiger partial charge in [0.15, 0.2) is 6.10 Å². The van der Waals surface area contributed by atoms with Gasteiger partial charge >= 0.3 is 6.18 Å². The van der Waals surface area contributed by atoms with Gasteiger partial charge in [-0.05, 0) is 36.1 Å². The molecule has 0 saturated heterocycles. The molecule has 2 heterocycles. The standard InChI is InChI=1S/C22H17F4N3O/c23-17-4-2-1-3-15(17)14-10-27-20(28-11-14)29-12-21(7-8-21)16-6-5-13(9-18(16)29)19(30)22(24,25)26/h1-6,9-11,19,30H,7-8,12H2. The molecule has 1 fully saturated rings. The highest BCUT2D eigenvalue weighted by molar-refractivity contribution is 5.72. The summed E-state index contributed by atoms with van der Waals surface area (Å²) < 4.78 is 53.0. The first-order valence-corrected chi connectivity index (χ1v) is 9.52. The Hall–Kier alpha value is -3.00. The van der Waals surface area contributed by atoms with Crippen LogP contribution in [0.15, 0.2) is 54.9 Å². The van der Waals surface area contributed by atoms with E-state index in [0.717, 1.165) is 18.4 Å². The van der Waals surface area contributed by atoms with E-state index in [0.29, 0.717) is 29.3 Å². The van der Waals surface area contributed by atoms with Crippen molar-refractivity contribution < 1.29 is 22.7 Å². The minimum absolute atomic E-state index is 0.107. The second-order valence-electron chi connectivity index (χ2n) is 7.84. The Morgan fingerprint density at radius 3 is 2.37 bits per heavy atom. The quantitative estimate of drug-likeness (QED) is 0.608. The minimum Gasteiger partial charge on any atom is -0.379 e. The highest BCUT2D eigenvalue weighted by Crippen LogP contribution is 2.58. The van der Waals surface area contributed by atoms with Crippen LogP contribution in [-0.2, 0) is 5.41 Å². The molecule has 1 aliphatic heterocycles. The summed E-state index contributed by atoms with van der Waals surface area (Å²) in [6, 6.07) is 10.7. The van der Waals surface area contributed by atoms with E-state index >= 15 is 0 Å². The number of benzene rings is 2. The van der Waals surface area contributed by atoms with Crippen LogP contribution in [0.1, 0.15) is 30.1 Å². The van der Waals surface area contributed by atoms with Gasteiger partial charge in [0.05, 0.1) is 0 Å². The maximum Gasteiger partial charge on any atom is 0.418 e. The zero-order valence-electron chi connectivity index (χ0n) is 15.7. The van der Waals surface area contributed by atoms with Crippen LogP contribution < -0.4 is 4.90 Å². The Balaban J connectivity index is 1.52. The fourth-order valence-electron chi connectivity index (χ4n) is 4.10. The smallest absolute Gasteiger partial charge is 0.379 e. The normalized spacial score (nSPS) is 17.8. The molecule has 2 aromatic carbocycles. The molecule has 5 rings (SSSR count). The fraction of sp³-hybridized carbons (Fsp3) is 0.273. The van der Waals surface area contributed by atoms with E-state index in [9.17, 15) is 22.7 Å². The van der Waals surface area contributed by atoms with E-state index in [1.54, 1.807) is 29.2 Å². The molecule has 0 bridgehead atoms. The Morgan fingerprint density at radius 2 is 1.73 bits per heavy atom. The summed E-state index contributed by atoms with van der Waals surface area (Å²) in [6.45, 7) is 0.562. The molecule has 1 saturated carbocycles. The molecule has 1 N–H and O–H groups in total. The maximum atomic E-state index is 14.0. The molecule has 154 valence electrons. The Kier molecular flexibility index (Phi) is 4.12. The van der Waals surface area contributed by atoms with Gasteiger partial charge in [-0.15, -0.1) is 0 Å². The summed E-state index contributed by atoms with van der Waals surface area (Å²) in [7, 11) is 0. The fourth-order valence-corrected chi connectivity index (χ4v) is 4.10. The molecule has 1 aromatic heterocycles. The molecule has 3 aromatic rings. The predicted molar refractivity (Wildman–Crippen MR) is 103 cm³/mol. The molecule has 2 aliphatic rings. The number of hydrogen-bond donors (Lipinski definition) is 1. The number of rotatable bonds is 3. The first-order valence-electron chi connectivity index (χ1n) is 9.52. The lowest BCUT2D eigenvalue weighted by atomic mass is 9.96. The van der Waals surface area contributed by atoms with Gasteiger partial charge in [0, 0.05) is 41.2 Å². The van der Waals surface area contributed by atoms with Crippen molar-refractivity contribution in [3.05, 3.63) is 71.8 Å². The highest BCUT2D eigenvalue weighted by atomic mass is 19.4. The lowest BCUT2D eigenvalue weighted by Gasteiger charge is -2.20. The van der Waals surface area contributed by atoms with Gasteiger partial charge in [0.1, 0.15) is 5.82 Å². The second kappa shape index (κ2) is 6.50. The van der Waals surface area contributed by atoms with Crippen molar-refractivity contribution in [2.45, 2.75) is 30.5 Å². The monoisotopic (exact) mass is 415 g/mol. The van der Waals surface area contributed by atoms with Crippen LogP contribution in [0.2, 0.25) is 0 Å². The van der Waals surface area contributed by atoms with Crippen LogP contribution in [-0.4, -0.2) is 27.8 Å². The second-order valence-corrected chi connectivity index (χ2v) is 7.84. The van der Waals surface area contributed by atoms with Crippen molar-refractivity contribution >= 4 is 11.6 Å². The third-order valence-electron chi connectivity index (χ3n) is 5.89. The summed E-state index contributed by atoms with van der Waals surface area (Å²) in [4.78, 5) is 10.5. The van der Waals surface area contributed by atoms with Crippen molar-refractivity contribution in [1.29, 1.82) is 0 Å². The van der Waals surface area contributed by atoms with Gasteiger partial charge < -0.3 is 10.0 Å². The minimum atomic E-state index is -4.74. The van der Waals surface area contributed by atoms with Crippen molar-refractivity contribution in [3.63, 3.8) is 0 Å². The van der Waals surface area contributed by atoms with E-state index < -0.39 is 12.3 Å². The molecule has 30 heavy (non-hydrogen) atoms. The Labute approximate surface area is 169 Å². The number of anilines is 2. The van der Waals surface area contributed by atoms with Crippen molar-refractivity contribution in [1.82, 2.24) is 9.97 Å². The molecule has 8 heteroatoms. The first-order chi connectivity index (χ1) is 14.3. The summed E-state index contributed by atoms with van der Waals surface area (Å²) >= 11 is 0. The molecule has 1 atom stereocenters. The van der Waals surface area contributed by atoms with Gasteiger partial charge in [0.2, 0.25) is 5.95 Å². The van der Waals surface area contributed by atoms with Gasteiger partial charge in [-0.1, -0.05) is 30.3 Å². The van der Waals surface area contributed by atoms with Crippen molar-refractivity contribution in [2.75, 3.05) is 11.4 Å². The van der Waals surface area contributed by atoms with E-state index in [2.05, 4.69) is 9.97 Å². The molecule has 1 unspecified atom stereocenters. The summed E-state index contributed by atoms with van der Waals surface area (Å²) in [6.07, 6.45) is -2.41. The molecule has 1 aliphatic carbocycles. The summed E-state index contributed by atoms with van der Waals surface area (Å²) in [5.41, 5.74) is 2.09. The first kappa shape index (κ1) is 19.0. The molecule has 1 spiro atoms. The largest absolute Gasteiger partial charge is 0.418 e. The lowest BCUT2D eigenvalue weighted by Crippen LogP contribution is -2.22. The third-order valence-corrected chi connectivity index (χ3v) is 5.89. The highest BCUT2D eigenvalue weighted by Gasteiger charge is 2.53. The number of alkyl halides is 3. The Bertz CT molecular complexity index is 1110. The van der Waals surface area contributed by atoms with Gasteiger partial charge in [-0.2, -0.15) is 13.2 Å². The number of aliphatic hydroxyl groups is 1. The zero-order valence-corrected chi connectivity index (χ0v) is 15.7. The number of aliphatic hydroxyl groups excluding tert-OH is 1. The topological polar surface area (TPSA) is 49.2 Å². The lowest BCUT2D eigenvalue weighted by molar-refractivity contribution is -0.206. The SMILES string of the molecule is OC(c1ccc2c(c1)N(c1ncc(-c3ccccc3F)cn1)CC21CC1)C(F)(F)F. The van der Waals surface area contributed by atoms with Crippen LogP contribution in [0, 0.1) is 5.82 Å². The van der Waals surface area contributed by atoms with E-state index in [-0.39, 0.29) is 16.8 Å². The molecule has 0 radical (unpaired) electrons. The predicted octanol–water partition coefficient (Wildman–Crippen LogP) is 5.06. The average molecular weight is 415 g/mol. The van der Waals surface area contributed by atoms with Crippen molar-refractivity contribution in [2.24, 2.45) is 0 Å². The van der Waals surface area contributed by atoms with E-state index in [4.69, 9.17) is 0 Å². The van der Waals surface area contributed by atoms with Gasteiger partial charge in [-0.25, -0.2) is 14.4 Å². The van der Waals surface area contributed by atoms with Crippen LogP contribution in [0.5, 0.6) is 0 Å². The third kappa shape index (κ3) is 3.02. The average Bonchev–Trinajstić information content (AvgIpc) is 3.44. The van der Waals surface area contributed by atoms with Gasteiger partial charge in [-0.3, -0.25) is 0 Å². The van der Waals surface area contributed by atoms with Crippen LogP contribution in [0.3, 0.4) is 0 Å². The molecule has 4 nitrogen and oxygen atoms in total. The van der Waals surface area contributed by atoms with Crippen LogP contribution in [0.25, 0.3) is 11.1 Å². The summed E-state index contributed by atoms with van der Waals surface area (Å²) in [5, 5.41) is 9.67.